The van der Waals surface area contributed by atoms with E-state index in [1.54, 1.807) is 12.1 Å². The Balaban J connectivity index is 1.45. The van der Waals surface area contributed by atoms with Crippen LogP contribution >= 0.6 is 11.3 Å². The molecular weight excluding hydrogens is 348 g/mol. The molecule has 3 heterocycles. The predicted molar refractivity (Wildman–Crippen MR) is 105 cm³/mol. The van der Waals surface area contributed by atoms with Gasteiger partial charge in [0.25, 0.3) is 5.91 Å². The number of carbonyl (C=O) groups excluding carboxylic acids is 1. The molecule has 0 bridgehead atoms. The van der Waals surface area contributed by atoms with Crippen LogP contribution in [0.1, 0.15) is 22.4 Å². The monoisotopic (exact) mass is 374 g/mol. The van der Waals surface area contributed by atoms with Gasteiger partial charge in [-0.2, -0.15) is 0 Å². The first-order valence-electron chi connectivity index (χ1n) is 8.98. The van der Waals surface area contributed by atoms with Crippen molar-refractivity contribution in [1.29, 1.82) is 0 Å². The standard InChI is InChI=1S/C19H26N4O2S/c1-15(13-16-5-4-12-26-16)14-21-19(20-2)23-9-7-22(8-10-23)18(24)17-6-3-11-25-17/h3-6,11-12,15H,7-10,13-14H2,1-2H3,(H,20,21). The van der Waals surface area contributed by atoms with Crippen LogP contribution in [0.2, 0.25) is 0 Å². The molecule has 1 unspecified atom stereocenters. The lowest BCUT2D eigenvalue weighted by atomic mass is 10.1. The first-order valence-corrected chi connectivity index (χ1v) is 9.86. The van der Waals surface area contributed by atoms with E-state index in [0.717, 1.165) is 32.0 Å². The average molecular weight is 375 g/mol. The van der Waals surface area contributed by atoms with Gasteiger partial charge in [0.05, 0.1) is 6.26 Å². The van der Waals surface area contributed by atoms with Crippen molar-refractivity contribution < 1.29 is 9.21 Å². The Kier molecular flexibility index (Phi) is 6.33. The molecule has 1 aliphatic rings. The summed E-state index contributed by atoms with van der Waals surface area (Å²) in [6.07, 6.45) is 2.61. The van der Waals surface area contributed by atoms with Crippen molar-refractivity contribution in [3.05, 3.63) is 46.5 Å². The van der Waals surface area contributed by atoms with Gasteiger partial charge in [-0.3, -0.25) is 9.79 Å². The molecule has 140 valence electrons. The number of amides is 1. The van der Waals surface area contributed by atoms with Gasteiger partial charge in [0.15, 0.2) is 11.7 Å². The van der Waals surface area contributed by atoms with Crippen LogP contribution in [0.4, 0.5) is 0 Å². The van der Waals surface area contributed by atoms with Crippen LogP contribution < -0.4 is 5.32 Å². The predicted octanol–water partition coefficient (Wildman–Crippen LogP) is 2.55. The van der Waals surface area contributed by atoms with E-state index in [1.807, 2.05) is 23.3 Å². The minimum absolute atomic E-state index is 0.0397. The number of guanidine groups is 1. The van der Waals surface area contributed by atoms with Crippen LogP contribution in [0.5, 0.6) is 0 Å². The second-order valence-electron chi connectivity index (χ2n) is 6.57. The lowest BCUT2D eigenvalue weighted by molar-refractivity contribution is 0.0657. The van der Waals surface area contributed by atoms with E-state index < -0.39 is 0 Å². The summed E-state index contributed by atoms with van der Waals surface area (Å²) in [6, 6.07) is 7.74. The van der Waals surface area contributed by atoms with Gasteiger partial charge in [-0.05, 0) is 35.9 Å². The molecule has 0 saturated carbocycles. The zero-order valence-corrected chi connectivity index (χ0v) is 16.2. The summed E-state index contributed by atoms with van der Waals surface area (Å²) in [6.45, 7) is 6.02. The minimum Gasteiger partial charge on any atom is -0.459 e. The van der Waals surface area contributed by atoms with Gasteiger partial charge in [-0.15, -0.1) is 11.3 Å². The number of furan rings is 1. The van der Waals surface area contributed by atoms with E-state index >= 15 is 0 Å². The van der Waals surface area contributed by atoms with Crippen LogP contribution in [0.25, 0.3) is 0 Å². The van der Waals surface area contributed by atoms with E-state index in [0.29, 0.717) is 24.8 Å². The number of carbonyl (C=O) groups is 1. The molecule has 0 aliphatic carbocycles. The molecule has 26 heavy (non-hydrogen) atoms. The van der Waals surface area contributed by atoms with Crippen molar-refractivity contribution >= 4 is 23.2 Å². The largest absolute Gasteiger partial charge is 0.459 e. The lowest BCUT2D eigenvalue weighted by Gasteiger charge is -2.36. The minimum atomic E-state index is -0.0397. The van der Waals surface area contributed by atoms with Crippen molar-refractivity contribution in [2.45, 2.75) is 13.3 Å². The Hall–Kier alpha value is -2.28. The smallest absolute Gasteiger partial charge is 0.289 e. The first-order chi connectivity index (χ1) is 12.7. The number of nitrogens with zero attached hydrogens (tertiary/aromatic N) is 3. The van der Waals surface area contributed by atoms with Crippen molar-refractivity contribution in [1.82, 2.24) is 15.1 Å². The molecule has 1 atom stereocenters. The van der Waals surface area contributed by atoms with Gasteiger partial charge >= 0.3 is 0 Å². The van der Waals surface area contributed by atoms with E-state index in [1.165, 1.54) is 11.1 Å². The van der Waals surface area contributed by atoms with Gasteiger partial charge in [-0.1, -0.05) is 13.0 Å². The van der Waals surface area contributed by atoms with E-state index in [-0.39, 0.29) is 5.91 Å². The molecule has 2 aromatic rings. The highest BCUT2D eigenvalue weighted by Crippen LogP contribution is 2.14. The zero-order chi connectivity index (χ0) is 18.4. The van der Waals surface area contributed by atoms with Crippen LogP contribution in [0.15, 0.2) is 45.3 Å². The Morgan fingerprint density at radius 1 is 1.27 bits per heavy atom. The molecular formula is C19H26N4O2S. The summed E-state index contributed by atoms with van der Waals surface area (Å²) < 4.78 is 5.21. The Bertz CT molecular complexity index is 704. The van der Waals surface area contributed by atoms with Gasteiger partial charge in [0, 0.05) is 44.6 Å². The molecule has 1 N–H and O–H groups in total. The highest BCUT2D eigenvalue weighted by molar-refractivity contribution is 7.09. The molecule has 0 aromatic carbocycles. The van der Waals surface area contributed by atoms with E-state index in [4.69, 9.17) is 4.42 Å². The summed E-state index contributed by atoms with van der Waals surface area (Å²) >= 11 is 1.81. The number of aliphatic imine (C=N–C) groups is 1. The summed E-state index contributed by atoms with van der Waals surface area (Å²) in [4.78, 5) is 22.2. The molecule has 1 aliphatic heterocycles. The average Bonchev–Trinajstić information content (AvgIpc) is 3.36. The van der Waals surface area contributed by atoms with Crippen molar-refractivity contribution in [3.8, 4) is 0 Å². The van der Waals surface area contributed by atoms with Gasteiger partial charge in [-0.25, -0.2) is 0 Å². The normalized spacial score (nSPS) is 16.6. The second kappa shape index (κ2) is 8.89. The van der Waals surface area contributed by atoms with Gasteiger partial charge in [0.2, 0.25) is 0 Å². The van der Waals surface area contributed by atoms with Crippen LogP contribution in [0.3, 0.4) is 0 Å². The maximum absolute atomic E-state index is 12.3. The van der Waals surface area contributed by atoms with E-state index in [2.05, 4.69) is 39.6 Å². The Morgan fingerprint density at radius 3 is 2.65 bits per heavy atom. The molecule has 1 saturated heterocycles. The maximum atomic E-state index is 12.3. The fourth-order valence-corrected chi connectivity index (χ4v) is 3.99. The van der Waals surface area contributed by atoms with Crippen molar-refractivity contribution in [3.63, 3.8) is 0 Å². The third kappa shape index (κ3) is 4.66. The second-order valence-corrected chi connectivity index (χ2v) is 7.61. The number of hydrogen-bond donors (Lipinski definition) is 1. The highest BCUT2D eigenvalue weighted by atomic mass is 32.1. The summed E-state index contributed by atoms with van der Waals surface area (Å²) in [5, 5.41) is 5.60. The van der Waals surface area contributed by atoms with Crippen LogP contribution in [-0.2, 0) is 6.42 Å². The quantitative estimate of drug-likeness (QED) is 0.645. The number of hydrogen-bond acceptors (Lipinski definition) is 4. The molecule has 7 heteroatoms. The topological polar surface area (TPSA) is 61.1 Å². The van der Waals surface area contributed by atoms with E-state index in [9.17, 15) is 4.79 Å². The molecule has 0 spiro atoms. The fourth-order valence-electron chi connectivity index (χ4n) is 3.12. The van der Waals surface area contributed by atoms with Crippen molar-refractivity contribution in [2.75, 3.05) is 39.8 Å². The first kappa shape index (κ1) is 18.5. The molecule has 3 rings (SSSR count). The molecule has 6 nitrogen and oxygen atoms in total. The SMILES string of the molecule is CN=C(NCC(C)Cc1cccs1)N1CCN(C(=O)c2ccco2)CC1. The van der Waals surface area contributed by atoms with Crippen LogP contribution in [-0.4, -0.2) is 61.4 Å². The zero-order valence-electron chi connectivity index (χ0n) is 15.4. The lowest BCUT2D eigenvalue weighted by Crippen LogP contribution is -2.54. The summed E-state index contributed by atoms with van der Waals surface area (Å²) in [7, 11) is 1.81. The Labute approximate surface area is 158 Å². The number of piperazine rings is 1. The Morgan fingerprint density at radius 2 is 2.04 bits per heavy atom. The highest BCUT2D eigenvalue weighted by Gasteiger charge is 2.25. The number of thiophene rings is 1. The molecule has 1 fully saturated rings. The third-order valence-electron chi connectivity index (χ3n) is 4.55. The fraction of sp³-hybridized carbons (Fsp3) is 0.474. The summed E-state index contributed by atoms with van der Waals surface area (Å²) in [5.41, 5.74) is 0. The third-order valence-corrected chi connectivity index (χ3v) is 5.45. The van der Waals surface area contributed by atoms with Crippen molar-refractivity contribution in [2.24, 2.45) is 10.9 Å². The summed E-state index contributed by atoms with van der Waals surface area (Å²) in [5.74, 6) is 1.81. The van der Waals surface area contributed by atoms with Gasteiger partial charge < -0.3 is 19.5 Å². The maximum Gasteiger partial charge on any atom is 0.289 e. The number of rotatable bonds is 5. The molecule has 2 aromatic heterocycles. The number of nitrogens with one attached hydrogen (secondary N) is 1. The molecule has 1 amide bonds. The molecule has 0 radical (unpaired) electrons. The van der Waals surface area contributed by atoms with Crippen LogP contribution in [0, 0.1) is 5.92 Å². The van der Waals surface area contributed by atoms with Gasteiger partial charge in [0.1, 0.15) is 0 Å².